The SMILES string of the molecule is Cc1c(C(=O)O)cc(Cl)cc1S(=O)(=O)NCc1ccon1. The Morgan fingerprint density at radius 3 is 2.76 bits per heavy atom. The van der Waals surface area contributed by atoms with Gasteiger partial charge in [0, 0.05) is 11.1 Å². The molecule has 0 radical (unpaired) electrons. The van der Waals surface area contributed by atoms with Gasteiger partial charge in [-0.2, -0.15) is 0 Å². The van der Waals surface area contributed by atoms with Crippen LogP contribution in [0.15, 0.2) is 33.9 Å². The molecule has 112 valence electrons. The number of hydrogen-bond donors (Lipinski definition) is 2. The monoisotopic (exact) mass is 330 g/mol. The molecule has 0 saturated heterocycles. The van der Waals surface area contributed by atoms with Crippen LogP contribution in [0.3, 0.4) is 0 Å². The first-order valence-electron chi connectivity index (χ1n) is 5.73. The largest absolute Gasteiger partial charge is 0.478 e. The highest BCUT2D eigenvalue weighted by Crippen LogP contribution is 2.24. The zero-order valence-electron chi connectivity index (χ0n) is 10.8. The highest BCUT2D eigenvalue weighted by molar-refractivity contribution is 7.89. The summed E-state index contributed by atoms with van der Waals surface area (Å²) in [5.41, 5.74) is 0.348. The van der Waals surface area contributed by atoms with Crippen LogP contribution in [-0.2, 0) is 16.6 Å². The van der Waals surface area contributed by atoms with Crippen molar-refractivity contribution in [3.05, 3.63) is 46.3 Å². The summed E-state index contributed by atoms with van der Waals surface area (Å²) in [6.07, 6.45) is 1.32. The average molecular weight is 331 g/mol. The minimum absolute atomic E-state index is 0.0276. The van der Waals surface area contributed by atoms with E-state index in [1.165, 1.54) is 31.4 Å². The topological polar surface area (TPSA) is 110 Å². The third-order valence-electron chi connectivity index (χ3n) is 2.78. The van der Waals surface area contributed by atoms with Crippen molar-refractivity contribution in [2.45, 2.75) is 18.4 Å². The van der Waals surface area contributed by atoms with Crippen LogP contribution in [0.5, 0.6) is 0 Å². The molecule has 1 heterocycles. The number of benzene rings is 1. The standard InChI is InChI=1S/C12H11ClN2O5S/c1-7-10(12(16)17)4-8(13)5-11(7)21(18,19)14-6-9-2-3-20-15-9/h2-5,14H,6H2,1H3,(H,16,17). The van der Waals surface area contributed by atoms with E-state index in [1.807, 2.05) is 0 Å². The maximum atomic E-state index is 12.3. The maximum absolute atomic E-state index is 12.3. The van der Waals surface area contributed by atoms with Crippen molar-refractivity contribution in [2.24, 2.45) is 0 Å². The van der Waals surface area contributed by atoms with Crippen molar-refractivity contribution in [3.63, 3.8) is 0 Å². The van der Waals surface area contributed by atoms with Gasteiger partial charge in [0.1, 0.15) is 6.26 Å². The lowest BCUT2D eigenvalue weighted by atomic mass is 10.1. The van der Waals surface area contributed by atoms with Crippen molar-refractivity contribution in [2.75, 3.05) is 0 Å². The third-order valence-corrected chi connectivity index (χ3v) is 4.52. The molecule has 0 saturated carbocycles. The van der Waals surface area contributed by atoms with Crippen LogP contribution < -0.4 is 4.72 Å². The van der Waals surface area contributed by atoms with Crippen molar-refractivity contribution in [3.8, 4) is 0 Å². The number of aromatic carboxylic acids is 1. The molecule has 0 aliphatic rings. The molecule has 2 N–H and O–H groups in total. The molecule has 7 nitrogen and oxygen atoms in total. The number of carboxylic acid groups (broad SMARTS) is 1. The molecule has 0 atom stereocenters. The summed E-state index contributed by atoms with van der Waals surface area (Å²) in [5, 5.41) is 12.7. The fraction of sp³-hybridized carbons (Fsp3) is 0.167. The zero-order chi connectivity index (χ0) is 15.6. The predicted molar refractivity (Wildman–Crippen MR) is 73.7 cm³/mol. The second-order valence-electron chi connectivity index (χ2n) is 4.20. The molecular weight excluding hydrogens is 320 g/mol. The molecule has 2 rings (SSSR count). The summed E-state index contributed by atoms with van der Waals surface area (Å²) < 4.78 is 31.4. The number of carboxylic acids is 1. The fourth-order valence-corrected chi connectivity index (χ4v) is 3.30. The summed E-state index contributed by atoms with van der Waals surface area (Å²) >= 11 is 5.79. The van der Waals surface area contributed by atoms with Crippen LogP contribution in [0.25, 0.3) is 0 Å². The molecule has 0 unspecified atom stereocenters. The lowest BCUT2D eigenvalue weighted by Gasteiger charge is -2.11. The quantitative estimate of drug-likeness (QED) is 0.865. The first-order valence-corrected chi connectivity index (χ1v) is 7.60. The molecule has 0 bridgehead atoms. The molecular formula is C12H11ClN2O5S. The second-order valence-corrected chi connectivity index (χ2v) is 6.37. The summed E-state index contributed by atoms with van der Waals surface area (Å²) in [7, 11) is -3.92. The van der Waals surface area contributed by atoms with Crippen molar-refractivity contribution >= 4 is 27.6 Å². The van der Waals surface area contributed by atoms with E-state index in [9.17, 15) is 13.2 Å². The maximum Gasteiger partial charge on any atom is 0.336 e. The molecule has 21 heavy (non-hydrogen) atoms. The van der Waals surface area contributed by atoms with E-state index in [1.54, 1.807) is 0 Å². The first-order chi connectivity index (χ1) is 9.81. The van der Waals surface area contributed by atoms with E-state index in [2.05, 4.69) is 14.4 Å². The van der Waals surface area contributed by atoms with Gasteiger partial charge in [0.25, 0.3) is 0 Å². The minimum Gasteiger partial charge on any atom is -0.478 e. The van der Waals surface area contributed by atoms with Crippen molar-refractivity contribution in [1.29, 1.82) is 0 Å². The summed E-state index contributed by atoms with van der Waals surface area (Å²) in [5.74, 6) is -1.25. The van der Waals surface area contributed by atoms with E-state index >= 15 is 0 Å². The van der Waals surface area contributed by atoms with Crippen molar-refractivity contribution in [1.82, 2.24) is 9.88 Å². The van der Waals surface area contributed by atoms with E-state index < -0.39 is 16.0 Å². The summed E-state index contributed by atoms with van der Waals surface area (Å²) in [4.78, 5) is 10.9. The minimum atomic E-state index is -3.92. The Labute approximate surface area is 125 Å². The van der Waals surface area contributed by atoms with Crippen molar-refractivity contribution < 1.29 is 22.8 Å². The summed E-state index contributed by atoms with van der Waals surface area (Å²) in [6.45, 7) is 1.33. The molecule has 0 aliphatic carbocycles. The number of halogens is 1. The number of nitrogens with one attached hydrogen (secondary N) is 1. The second kappa shape index (κ2) is 5.84. The molecule has 9 heteroatoms. The molecule has 2 aromatic rings. The number of carbonyl (C=O) groups is 1. The highest BCUT2D eigenvalue weighted by atomic mass is 35.5. The number of nitrogens with zero attached hydrogens (tertiary/aromatic N) is 1. The van der Waals surface area contributed by atoms with Crippen LogP contribution in [0.1, 0.15) is 21.6 Å². The Balaban J connectivity index is 2.37. The number of rotatable bonds is 5. The number of hydrogen-bond acceptors (Lipinski definition) is 5. The summed E-state index contributed by atoms with van der Waals surface area (Å²) in [6, 6.07) is 3.92. The average Bonchev–Trinajstić information content (AvgIpc) is 2.91. The van der Waals surface area contributed by atoms with Gasteiger partial charge in [-0.15, -0.1) is 0 Å². The molecule has 0 spiro atoms. The predicted octanol–water partition coefficient (Wildman–Crippen LogP) is 1.81. The molecule has 0 aliphatic heterocycles. The van der Waals surface area contributed by atoms with Gasteiger partial charge in [0.05, 0.1) is 22.7 Å². The molecule has 0 amide bonds. The van der Waals surface area contributed by atoms with Crippen LogP contribution in [-0.4, -0.2) is 24.7 Å². The van der Waals surface area contributed by atoms with Crippen LogP contribution in [0.4, 0.5) is 0 Å². The van der Waals surface area contributed by atoms with Gasteiger partial charge in [-0.3, -0.25) is 0 Å². The van der Waals surface area contributed by atoms with Crippen LogP contribution in [0, 0.1) is 6.92 Å². The van der Waals surface area contributed by atoms with E-state index in [-0.39, 0.29) is 27.6 Å². The molecule has 0 fully saturated rings. The number of sulfonamides is 1. The van der Waals surface area contributed by atoms with Gasteiger partial charge in [0.15, 0.2) is 0 Å². The van der Waals surface area contributed by atoms with E-state index in [0.29, 0.717) is 5.69 Å². The zero-order valence-corrected chi connectivity index (χ0v) is 12.4. The Hall–Kier alpha value is -1.90. The van der Waals surface area contributed by atoms with Crippen LogP contribution >= 0.6 is 11.6 Å². The van der Waals surface area contributed by atoms with Gasteiger partial charge < -0.3 is 9.63 Å². The van der Waals surface area contributed by atoms with Gasteiger partial charge in [0.2, 0.25) is 10.0 Å². The van der Waals surface area contributed by atoms with Crippen LogP contribution in [0.2, 0.25) is 5.02 Å². The molecule has 1 aromatic heterocycles. The van der Waals surface area contributed by atoms with Gasteiger partial charge in [-0.05, 0) is 24.6 Å². The lowest BCUT2D eigenvalue weighted by molar-refractivity contribution is 0.0696. The van der Waals surface area contributed by atoms with Gasteiger partial charge in [-0.25, -0.2) is 17.9 Å². The van der Waals surface area contributed by atoms with E-state index in [0.717, 1.165) is 0 Å². The fourth-order valence-electron chi connectivity index (χ4n) is 1.73. The lowest BCUT2D eigenvalue weighted by Crippen LogP contribution is -2.24. The van der Waals surface area contributed by atoms with Gasteiger partial charge >= 0.3 is 5.97 Å². The smallest absolute Gasteiger partial charge is 0.336 e. The Morgan fingerprint density at radius 1 is 1.48 bits per heavy atom. The Morgan fingerprint density at radius 2 is 2.19 bits per heavy atom. The number of aromatic nitrogens is 1. The van der Waals surface area contributed by atoms with E-state index in [4.69, 9.17) is 16.7 Å². The molecule has 1 aromatic carbocycles. The normalized spacial score (nSPS) is 11.5. The Bertz CT molecular complexity index is 771. The first kappa shape index (κ1) is 15.5. The Kier molecular flexibility index (Phi) is 4.31. The van der Waals surface area contributed by atoms with Gasteiger partial charge in [-0.1, -0.05) is 16.8 Å². The third kappa shape index (κ3) is 3.41. The highest BCUT2D eigenvalue weighted by Gasteiger charge is 2.22.